The lowest BCUT2D eigenvalue weighted by Gasteiger charge is -2.30. The van der Waals surface area contributed by atoms with Crippen LogP contribution in [0.25, 0.3) is 0 Å². The molecule has 0 radical (unpaired) electrons. The monoisotopic (exact) mass is 407 g/mol. The molecule has 2 aromatic carbocycles. The van der Waals surface area contributed by atoms with Crippen LogP contribution in [0.15, 0.2) is 53.4 Å². The van der Waals surface area contributed by atoms with E-state index in [2.05, 4.69) is 17.6 Å². The molecule has 1 atom stereocenters. The van der Waals surface area contributed by atoms with Crippen molar-refractivity contribution in [2.45, 2.75) is 24.7 Å². The van der Waals surface area contributed by atoms with Gasteiger partial charge in [-0.1, -0.05) is 19.1 Å². The number of halogens is 1. The summed E-state index contributed by atoms with van der Waals surface area (Å²) in [4.78, 5) is 0.259. The van der Waals surface area contributed by atoms with Crippen molar-refractivity contribution in [2.24, 2.45) is 5.92 Å². The number of hydrogen-bond donors (Lipinski definition) is 2. The van der Waals surface area contributed by atoms with Crippen LogP contribution in [0, 0.1) is 11.7 Å². The molecule has 0 bridgehead atoms. The highest BCUT2D eigenvalue weighted by atomic mass is 32.2. The molecule has 0 aromatic heterocycles. The third kappa shape index (κ3) is 4.82. The van der Waals surface area contributed by atoms with E-state index >= 15 is 0 Å². The Morgan fingerprint density at radius 2 is 1.85 bits per heavy atom. The minimum atomic E-state index is -3.49. The maximum atomic E-state index is 13.7. The summed E-state index contributed by atoms with van der Waals surface area (Å²) in [5.74, 6) is -0.0323. The molecule has 1 heterocycles. The Kier molecular flexibility index (Phi) is 6.08. The van der Waals surface area contributed by atoms with Crippen molar-refractivity contribution >= 4 is 38.7 Å². The van der Waals surface area contributed by atoms with Gasteiger partial charge >= 0.3 is 0 Å². The van der Waals surface area contributed by atoms with E-state index in [0.717, 1.165) is 12.8 Å². The Morgan fingerprint density at radius 3 is 2.52 bits per heavy atom. The van der Waals surface area contributed by atoms with E-state index < -0.39 is 15.8 Å². The van der Waals surface area contributed by atoms with Crippen molar-refractivity contribution in [2.75, 3.05) is 23.7 Å². The number of para-hydroxylation sites is 1. The molecule has 0 spiro atoms. The fourth-order valence-electron chi connectivity index (χ4n) is 3.07. The summed E-state index contributed by atoms with van der Waals surface area (Å²) in [5, 5.41) is 5.93. The average Bonchev–Trinajstić information content (AvgIpc) is 2.64. The lowest BCUT2D eigenvalue weighted by atomic mass is 10.0. The van der Waals surface area contributed by atoms with Crippen molar-refractivity contribution in [3.05, 3.63) is 54.3 Å². The Bertz CT molecular complexity index is 917. The molecule has 1 fully saturated rings. The van der Waals surface area contributed by atoms with Gasteiger partial charge in [0.2, 0.25) is 10.0 Å². The molecular weight excluding hydrogens is 385 g/mol. The molecule has 1 aliphatic rings. The molecular formula is C19H22FN3O2S2. The van der Waals surface area contributed by atoms with Crippen molar-refractivity contribution < 1.29 is 12.8 Å². The molecule has 0 unspecified atom stereocenters. The second-order valence-corrected chi connectivity index (χ2v) is 9.04. The molecule has 0 amide bonds. The molecule has 27 heavy (non-hydrogen) atoms. The molecule has 1 saturated heterocycles. The van der Waals surface area contributed by atoms with Crippen molar-refractivity contribution in [3.63, 3.8) is 0 Å². The van der Waals surface area contributed by atoms with Gasteiger partial charge in [0.1, 0.15) is 5.82 Å². The van der Waals surface area contributed by atoms with Gasteiger partial charge in [0.15, 0.2) is 5.11 Å². The lowest BCUT2D eigenvalue weighted by Crippen LogP contribution is -2.39. The zero-order chi connectivity index (χ0) is 19.4. The number of piperidine rings is 1. The Labute approximate surface area is 164 Å². The third-order valence-electron chi connectivity index (χ3n) is 4.49. The van der Waals surface area contributed by atoms with Crippen LogP contribution in [-0.4, -0.2) is 30.9 Å². The maximum absolute atomic E-state index is 13.7. The number of hydrogen-bond acceptors (Lipinski definition) is 3. The number of thiocarbonyl (C=S) groups is 1. The van der Waals surface area contributed by atoms with Gasteiger partial charge in [0, 0.05) is 18.8 Å². The first-order valence-corrected chi connectivity index (χ1v) is 10.6. The van der Waals surface area contributed by atoms with Crippen molar-refractivity contribution in [3.8, 4) is 0 Å². The minimum Gasteiger partial charge on any atom is -0.332 e. The molecule has 2 aromatic rings. The number of nitrogens with zero attached hydrogens (tertiary/aromatic N) is 1. The highest BCUT2D eigenvalue weighted by molar-refractivity contribution is 7.89. The van der Waals surface area contributed by atoms with Gasteiger partial charge in [-0.3, -0.25) is 0 Å². The van der Waals surface area contributed by atoms with Gasteiger partial charge in [-0.25, -0.2) is 12.8 Å². The SMILES string of the molecule is C[C@H]1CCCN(S(=O)(=O)c2ccc(NC(=S)Nc3ccccc3F)cc2)C1. The molecule has 0 saturated carbocycles. The molecule has 8 heteroatoms. The number of sulfonamides is 1. The second kappa shape index (κ2) is 8.33. The largest absolute Gasteiger partial charge is 0.332 e. The molecule has 0 aliphatic carbocycles. The van der Waals surface area contributed by atoms with E-state index in [0.29, 0.717) is 24.7 Å². The van der Waals surface area contributed by atoms with Gasteiger partial charge in [-0.05, 0) is 67.4 Å². The van der Waals surface area contributed by atoms with E-state index in [1.807, 2.05) is 0 Å². The Balaban J connectivity index is 1.66. The first-order valence-electron chi connectivity index (χ1n) is 8.79. The summed E-state index contributed by atoms with van der Waals surface area (Å²) in [5.41, 5.74) is 0.892. The van der Waals surface area contributed by atoms with Crippen LogP contribution in [0.1, 0.15) is 19.8 Å². The zero-order valence-corrected chi connectivity index (χ0v) is 16.6. The first-order chi connectivity index (χ1) is 12.9. The quantitative estimate of drug-likeness (QED) is 0.749. The summed E-state index contributed by atoms with van der Waals surface area (Å²) in [6, 6.07) is 12.6. The van der Waals surface area contributed by atoms with Gasteiger partial charge in [-0.2, -0.15) is 4.31 Å². The van der Waals surface area contributed by atoms with Gasteiger partial charge < -0.3 is 10.6 Å². The summed E-state index contributed by atoms with van der Waals surface area (Å²) in [7, 11) is -3.49. The maximum Gasteiger partial charge on any atom is 0.243 e. The van der Waals surface area contributed by atoms with E-state index in [1.54, 1.807) is 46.8 Å². The van der Waals surface area contributed by atoms with Crippen LogP contribution >= 0.6 is 12.2 Å². The van der Waals surface area contributed by atoms with Gasteiger partial charge in [0.05, 0.1) is 10.6 Å². The van der Waals surface area contributed by atoms with Crippen molar-refractivity contribution in [1.29, 1.82) is 0 Å². The molecule has 144 valence electrons. The first kappa shape index (κ1) is 19.7. The highest BCUT2D eigenvalue weighted by Crippen LogP contribution is 2.24. The van der Waals surface area contributed by atoms with Gasteiger partial charge in [-0.15, -0.1) is 0 Å². The van der Waals surface area contributed by atoms with Crippen LogP contribution in [0.3, 0.4) is 0 Å². The highest BCUT2D eigenvalue weighted by Gasteiger charge is 2.28. The summed E-state index contributed by atoms with van der Waals surface area (Å²) >= 11 is 5.18. The van der Waals surface area contributed by atoms with E-state index in [1.165, 1.54) is 6.07 Å². The van der Waals surface area contributed by atoms with Crippen molar-refractivity contribution in [1.82, 2.24) is 4.31 Å². The van der Waals surface area contributed by atoms with Crippen LogP contribution in [0.5, 0.6) is 0 Å². The van der Waals surface area contributed by atoms with Crippen LogP contribution < -0.4 is 10.6 Å². The molecule has 5 nitrogen and oxygen atoms in total. The standard InChI is InChI=1S/C19H22FN3O2S2/c1-14-5-4-12-23(13-14)27(24,25)16-10-8-15(9-11-16)21-19(26)22-18-7-3-2-6-17(18)20/h2-3,6-11,14H,4-5,12-13H2,1H3,(H2,21,22,26)/t14-/m0/s1. The Morgan fingerprint density at radius 1 is 1.15 bits per heavy atom. The van der Waals surface area contributed by atoms with E-state index in [-0.39, 0.29) is 15.7 Å². The fraction of sp³-hybridized carbons (Fsp3) is 0.316. The number of nitrogens with one attached hydrogen (secondary N) is 2. The zero-order valence-electron chi connectivity index (χ0n) is 15.0. The predicted octanol–water partition coefficient (Wildman–Crippen LogP) is 4.06. The van der Waals surface area contributed by atoms with E-state index in [9.17, 15) is 12.8 Å². The number of anilines is 2. The average molecular weight is 408 g/mol. The summed E-state index contributed by atoms with van der Waals surface area (Å²) in [6.45, 7) is 3.18. The number of benzene rings is 2. The normalized spacial score (nSPS) is 18.1. The van der Waals surface area contributed by atoms with Crippen LogP contribution in [0.2, 0.25) is 0 Å². The van der Waals surface area contributed by atoms with Crippen LogP contribution in [-0.2, 0) is 10.0 Å². The lowest BCUT2D eigenvalue weighted by molar-refractivity contribution is 0.281. The number of rotatable bonds is 4. The molecule has 2 N–H and O–H groups in total. The smallest absolute Gasteiger partial charge is 0.243 e. The fourth-order valence-corrected chi connectivity index (χ4v) is 4.90. The third-order valence-corrected chi connectivity index (χ3v) is 6.58. The minimum absolute atomic E-state index is 0.223. The predicted molar refractivity (Wildman–Crippen MR) is 110 cm³/mol. The Hall–Kier alpha value is -2.03. The summed E-state index contributed by atoms with van der Waals surface area (Å²) < 4.78 is 40.7. The van der Waals surface area contributed by atoms with Crippen LogP contribution in [0.4, 0.5) is 15.8 Å². The topological polar surface area (TPSA) is 61.4 Å². The molecule has 3 rings (SSSR count). The molecule has 1 aliphatic heterocycles. The summed E-state index contributed by atoms with van der Waals surface area (Å²) in [6.07, 6.45) is 1.94. The van der Waals surface area contributed by atoms with E-state index in [4.69, 9.17) is 12.2 Å². The van der Waals surface area contributed by atoms with Gasteiger partial charge in [0.25, 0.3) is 0 Å². The second-order valence-electron chi connectivity index (χ2n) is 6.69.